The van der Waals surface area contributed by atoms with Gasteiger partial charge < -0.3 is 15.5 Å². The zero-order valence-electron chi connectivity index (χ0n) is 36.5. The molecule has 3 N–H and O–H groups in total. The van der Waals surface area contributed by atoms with Gasteiger partial charge >= 0.3 is 0 Å². The number of amides is 1. The first-order valence-corrected chi connectivity index (χ1v) is 24.2. The summed E-state index contributed by atoms with van der Waals surface area (Å²) in [6, 6.07) is -0.629. The number of nitrogens with one attached hydrogen (secondary N) is 1. The van der Waals surface area contributed by atoms with Crippen molar-refractivity contribution in [2.45, 2.75) is 270 Å². The third-order valence-corrected chi connectivity index (χ3v) is 11.1. The predicted octanol–water partition coefficient (Wildman–Crippen LogP) is 15.4. The van der Waals surface area contributed by atoms with Crippen molar-refractivity contribution in [2.75, 3.05) is 6.61 Å². The van der Waals surface area contributed by atoms with Gasteiger partial charge in [-0.15, -0.1) is 0 Å². The third kappa shape index (κ3) is 41.8. The molecule has 0 heterocycles. The van der Waals surface area contributed by atoms with Crippen molar-refractivity contribution in [3.05, 3.63) is 36.5 Å². The first-order valence-electron chi connectivity index (χ1n) is 24.2. The number of rotatable bonds is 44. The molecular weight excluding hydrogens is 663 g/mol. The van der Waals surface area contributed by atoms with Gasteiger partial charge in [0.1, 0.15) is 0 Å². The van der Waals surface area contributed by atoms with E-state index in [4.69, 9.17) is 0 Å². The molecule has 0 bridgehead atoms. The minimum absolute atomic E-state index is 0.0760. The number of carbonyl (C=O) groups is 1. The summed E-state index contributed by atoms with van der Waals surface area (Å²) in [5.41, 5.74) is 0. The summed E-state index contributed by atoms with van der Waals surface area (Å²) in [6.45, 7) is 4.30. The maximum absolute atomic E-state index is 12.4. The second-order valence-electron chi connectivity index (χ2n) is 16.5. The normalized spacial score (nSPS) is 13.2. The van der Waals surface area contributed by atoms with Crippen LogP contribution in [0.3, 0.4) is 0 Å². The number of hydrogen-bond acceptors (Lipinski definition) is 3. The molecule has 318 valence electrons. The smallest absolute Gasteiger partial charge is 0.220 e. The quantitative estimate of drug-likeness (QED) is 0.0428. The van der Waals surface area contributed by atoms with E-state index in [-0.39, 0.29) is 12.5 Å². The standard InChI is InChI=1S/C50H95NO3/c1-3-5-7-9-11-13-15-17-19-21-22-23-24-25-26-27-28-29-30-31-33-35-37-39-41-43-45-49(53)48(47-52)51-50(54)46-44-42-40-38-36-34-32-20-18-16-14-12-10-8-6-4-2/h14,16,20,32,43,45,48-49,52-53H,3-13,15,17-19,21-31,33-42,44,46-47H2,1-2H3,(H,51,54)/b16-14-,32-20-,45-43+. The number of aliphatic hydroxyl groups is 2. The van der Waals surface area contributed by atoms with Crippen molar-refractivity contribution in [2.24, 2.45) is 0 Å². The van der Waals surface area contributed by atoms with Crippen molar-refractivity contribution < 1.29 is 15.0 Å². The van der Waals surface area contributed by atoms with Gasteiger partial charge in [0.2, 0.25) is 5.91 Å². The molecule has 0 aromatic rings. The number of aliphatic hydroxyl groups excluding tert-OH is 2. The Morgan fingerprint density at radius 2 is 0.759 bits per heavy atom. The second-order valence-corrected chi connectivity index (χ2v) is 16.5. The molecule has 0 aliphatic heterocycles. The molecule has 0 aromatic carbocycles. The van der Waals surface area contributed by atoms with E-state index in [1.54, 1.807) is 6.08 Å². The fourth-order valence-electron chi connectivity index (χ4n) is 7.39. The second kappa shape index (κ2) is 46.0. The molecule has 0 aliphatic rings. The third-order valence-electron chi connectivity index (χ3n) is 11.1. The van der Waals surface area contributed by atoms with Crippen LogP contribution in [0.25, 0.3) is 0 Å². The fourth-order valence-corrected chi connectivity index (χ4v) is 7.39. The molecule has 0 aromatic heterocycles. The zero-order valence-corrected chi connectivity index (χ0v) is 36.5. The minimum Gasteiger partial charge on any atom is -0.394 e. The molecule has 0 aliphatic carbocycles. The molecule has 0 rings (SSSR count). The van der Waals surface area contributed by atoms with Gasteiger partial charge in [0.15, 0.2) is 0 Å². The fraction of sp³-hybridized carbons (Fsp3) is 0.860. The molecule has 0 spiro atoms. The van der Waals surface area contributed by atoms with Crippen molar-refractivity contribution in [1.82, 2.24) is 5.32 Å². The summed E-state index contributed by atoms with van der Waals surface area (Å²) in [7, 11) is 0. The van der Waals surface area contributed by atoms with Crippen LogP contribution < -0.4 is 5.32 Å². The van der Waals surface area contributed by atoms with Crippen LogP contribution in [0.4, 0.5) is 0 Å². The van der Waals surface area contributed by atoms with E-state index in [0.29, 0.717) is 6.42 Å². The summed E-state index contributed by atoms with van der Waals surface area (Å²) in [5, 5.41) is 23.1. The number of hydrogen-bond donors (Lipinski definition) is 3. The molecule has 0 saturated heterocycles. The summed E-state index contributed by atoms with van der Waals surface area (Å²) in [4.78, 5) is 12.4. The first-order chi connectivity index (χ1) is 26.7. The lowest BCUT2D eigenvalue weighted by Gasteiger charge is -2.20. The Balaban J connectivity index is 3.52. The zero-order chi connectivity index (χ0) is 39.3. The topological polar surface area (TPSA) is 69.6 Å². The van der Waals surface area contributed by atoms with E-state index < -0.39 is 12.1 Å². The number of unbranched alkanes of at least 4 members (excludes halogenated alkanes) is 33. The van der Waals surface area contributed by atoms with Crippen LogP contribution in [0.2, 0.25) is 0 Å². The van der Waals surface area contributed by atoms with Crippen LogP contribution in [0.5, 0.6) is 0 Å². The Bertz CT molecular complexity index is 821. The van der Waals surface area contributed by atoms with E-state index in [1.165, 1.54) is 193 Å². The van der Waals surface area contributed by atoms with Gasteiger partial charge in [-0.2, -0.15) is 0 Å². The molecule has 2 atom stereocenters. The Labute approximate surface area is 338 Å². The monoisotopic (exact) mass is 758 g/mol. The van der Waals surface area contributed by atoms with Crippen LogP contribution in [0.1, 0.15) is 258 Å². The van der Waals surface area contributed by atoms with Crippen LogP contribution in [0.15, 0.2) is 36.5 Å². The Morgan fingerprint density at radius 1 is 0.444 bits per heavy atom. The maximum Gasteiger partial charge on any atom is 0.220 e. The molecule has 0 radical (unpaired) electrons. The van der Waals surface area contributed by atoms with Crippen LogP contribution in [-0.4, -0.2) is 34.9 Å². The number of allylic oxidation sites excluding steroid dienone is 5. The van der Waals surface area contributed by atoms with E-state index in [2.05, 4.69) is 43.5 Å². The molecule has 1 amide bonds. The lowest BCUT2D eigenvalue weighted by Crippen LogP contribution is -2.45. The largest absolute Gasteiger partial charge is 0.394 e. The highest BCUT2D eigenvalue weighted by molar-refractivity contribution is 5.76. The molecule has 54 heavy (non-hydrogen) atoms. The summed E-state index contributed by atoms with van der Waals surface area (Å²) >= 11 is 0. The van der Waals surface area contributed by atoms with Crippen molar-refractivity contribution in [3.8, 4) is 0 Å². The van der Waals surface area contributed by atoms with Crippen molar-refractivity contribution >= 4 is 5.91 Å². The van der Waals surface area contributed by atoms with E-state index in [1.807, 2.05) is 6.08 Å². The Hall–Kier alpha value is -1.39. The average Bonchev–Trinajstić information content (AvgIpc) is 3.18. The van der Waals surface area contributed by atoms with E-state index in [0.717, 1.165) is 44.9 Å². The average molecular weight is 758 g/mol. The predicted molar refractivity (Wildman–Crippen MR) is 239 cm³/mol. The molecule has 0 fully saturated rings. The molecule has 4 nitrogen and oxygen atoms in total. The van der Waals surface area contributed by atoms with Crippen LogP contribution in [-0.2, 0) is 4.79 Å². The summed E-state index contributed by atoms with van der Waals surface area (Å²) in [5.74, 6) is -0.0760. The first kappa shape index (κ1) is 52.6. The highest BCUT2D eigenvalue weighted by Crippen LogP contribution is 2.16. The van der Waals surface area contributed by atoms with Crippen molar-refractivity contribution in [1.29, 1.82) is 0 Å². The molecule has 0 saturated carbocycles. The molecule has 2 unspecified atom stereocenters. The van der Waals surface area contributed by atoms with Crippen molar-refractivity contribution in [3.63, 3.8) is 0 Å². The van der Waals surface area contributed by atoms with Gasteiger partial charge in [0.25, 0.3) is 0 Å². The Kier molecular flexibility index (Phi) is 44.8. The van der Waals surface area contributed by atoms with Gasteiger partial charge in [0.05, 0.1) is 18.8 Å². The lowest BCUT2D eigenvalue weighted by molar-refractivity contribution is -0.123. The van der Waals surface area contributed by atoms with E-state index in [9.17, 15) is 15.0 Å². The minimum atomic E-state index is -0.845. The van der Waals surface area contributed by atoms with Crippen LogP contribution >= 0.6 is 0 Å². The van der Waals surface area contributed by atoms with Gasteiger partial charge in [-0.3, -0.25) is 4.79 Å². The van der Waals surface area contributed by atoms with Gasteiger partial charge in [-0.05, 0) is 51.4 Å². The van der Waals surface area contributed by atoms with Gasteiger partial charge in [-0.25, -0.2) is 0 Å². The van der Waals surface area contributed by atoms with E-state index >= 15 is 0 Å². The highest BCUT2D eigenvalue weighted by atomic mass is 16.3. The SMILES string of the molecule is CCCCCC/C=C\C/C=C\CCCCCCCC(=O)NC(CO)C(O)/C=C/CCCCCCCCCCCCCCCCCCCCCCCCCC. The highest BCUT2D eigenvalue weighted by Gasteiger charge is 2.17. The lowest BCUT2D eigenvalue weighted by atomic mass is 10.0. The number of carbonyl (C=O) groups excluding carboxylic acids is 1. The maximum atomic E-state index is 12.4. The van der Waals surface area contributed by atoms with Gasteiger partial charge in [0, 0.05) is 6.42 Å². The van der Waals surface area contributed by atoms with Crippen LogP contribution in [0, 0.1) is 0 Å². The molecular formula is C50H95NO3. The summed E-state index contributed by atoms with van der Waals surface area (Å²) < 4.78 is 0. The summed E-state index contributed by atoms with van der Waals surface area (Å²) in [6.07, 6.45) is 61.3. The molecule has 4 heteroatoms. The van der Waals surface area contributed by atoms with Gasteiger partial charge in [-0.1, -0.05) is 237 Å². The Morgan fingerprint density at radius 3 is 1.13 bits per heavy atom.